The van der Waals surface area contributed by atoms with Gasteiger partial charge in [-0.2, -0.15) is 0 Å². The molecule has 6 nitrogen and oxygen atoms in total. The number of rotatable bonds is 63. The quantitative estimate of drug-likeness (QED) is 0.0320. The Labute approximate surface area is 462 Å². The standard InChI is InChI=1S/C68H131NO5/c1-3-5-7-9-11-13-15-16-39-42-46-50-54-58-62-68(73)74-63-59-55-51-47-43-40-37-35-33-31-29-27-25-23-21-19-17-18-20-22-24-26-28-30-32-34-36-38-41-45-49-53-57-61-67(72)69-65(64-70)66(71)60-56-52-48-44-14-12-10-8-6-4-2/h21,23,27,29,65-66,70-71H,3-20,22,24-26,28,30-64H2,1-2H3,(H,69,72)/b23-21-,29-27-. The highest BCUT2D eigenvalue weighted by atomic mass is 16.5. The third-order valence-corrected chi connectivity index (χ3v) is 15.8. The largest absolute Gasteiger partial charge is 0.466 e. The molecule has 0 spiro atoms. The monoisotopic (exact) mass is 1040 g/mol. The van der Waals surface area contributed by atoms with Gasteiger partial charge in [0.25, 0.3) is 0 Å². The van der Waals surface area contributed by atoms with E-state index in [0.717, 1.165) is 44.9 Å². The number of hydrogen-bond donors (Lipinski definition) is 3. The summed E-state index contributed by atoms with van der Waals surface area (Å²) in [5.41, 5.74) is 0. The third kappa shape index (κ3) is 59.6. The van der Waals surface area contributed by atoms with Gasteiger partial charge >= 0.3 is 5.97 Å². The summed E-state index contributed by atoms with van der Waals surface area (Å²) in [5.74, 6) is -0.0164. The minimum absolute atomic E-state index is 0.0168. The zero-order valence-electron chi connectivity index (χ0n) is 50.1. The molecule has 6 heteroatoms. The zero-order valence-corrected chi connectivity index (χ0v) is 50.1. The van der Waals surface area contributed by atoms with Crippen LogP contribution in [0, 0.1) is 0 Å². The van der Waals surface area contributed by atoms with Crippen LogP contribution in [-0.2, 0) is 14.3 Å². The first kappa shape index (κ1) is 72.3. The molecule has 0 fully saturated rings. The number of ether oxygens (including phenoxy) is 1. The van der Waals surface area contributed by atoms with Crippen LogP contribution in [-0.4, -0.2) is 47.4 Å². The summed E-state index contributed by atoms with van der Waals surface area (Å²) in [6, 6.07) is -0.538. The topological polar surface area (TPSA) is 95.9 Å². The van der Waals surface area contributed by atoms with E-state index in [1.165, 1.54) is 295 Å². The Bertz CT molecular complexity index is 1150. The van der Waals surface area contributed by atoms with Crippen molar-refractivity contribution in [2.45, 2.75) is 386 Å². The third-order valence-electron chi connectivity index (χ3n) is 15.8. The first-order chi connectivity index (χ1) is 36.5. The van der Waals surface area contributed by atoms with Crippen LogP contribution in [0.2, 0.25) is 0 Å². The van der Waals surface area contributed by atoms with Crippen molar-refractivity contribution in [2.24, 2.45) is 0 Å². The number of unbranched alkanes of at least 4 members (excludes halogenated alkanes) is 48. The summed E-state index contributed by atoms with van der Waals surface area (Å²) in [4.78, 5) is 24.5. The van der Waals surface area contributed by atoms with E-state index >= 15 is 0 Å². The van der Waals surface area contributed by atoms with Gasteiger partial charge in [0.2, 0.25) is 5.91 Å². The Morgan fingerprint density at radius 2 is 0.676 bits per heavy atom. The van der Waals surface area contributed by atoms with Gasteiger partial charge in [0.05, 0.1) is 25.4 Å². The van der Waals surface area contributed by atoms with Crippen molar-refractivity contribution >= 4 is 11.9 Å². The molecule has 0 aromatic carbocycles. The number of carbonyl (C=O) groups excluding carboxylic acids is 2. The Balaban J connectivity index is 3.35. The molecule has 0 aliphatic heterocycles. The minimum Gasteiger partial charge on any atom is -0.466 e. The molecule has 0 saturated heterocycles. The van der Waals surface area contributed by atoms with Gasteiger partial charge in [-0.25, -0.2) is 0 Å². The normalized spacial score (nSPS) is 12.6. The summed E-state index contributed by atoms with van der Waals surface area (Å²) < 4.78 is 5.49. The number of allylic oxidation sites excluding steroid dienone is 4. The summed E-state index contributed by atoms with van der Waals surface area (Å²) in [7, 11) is 0. The van der Waals surface area contributed by atoms with E-state index in [1.807, 2.05) is 0 Å². The van der Waals surface area contributed by atoms with E-state index in [2.05, 4.69) is 43.5 Å². The van der Waals surface area contributed by atoms with Crippen LogP contribution >= 0.6 is 0 Å². The molecule has 2 unspecified atom stereocenters. The van der Waals surface area contributed by atoms with Gasteiger partial charge in [0.1, 0.15) is 0 Å². The van der Waals surface area contributed by atoms with E-state index in [4.69, 9.17) is 4.74 Å². The van der Waals surface area contributed by atoms with Crippen LogP contribution in [0.15, 0.2) is 24.3 Å². The highest BCUT2D eigenvalue weighted by Gasteiger charge is 2.20. The molecular formula is C68H131NO5. The van der Waals surface area contributed by atoms with Crippen LogP contribution in [0.3, 0.4) is 0 Å². The van der Waals surface area contributed by atoms with E-state index in [1.54, 1.807) is 0 Å². The first-order valence-corrected chi connectivity index (χ1v) is 33.6. The predicted octanol–water partition coefficient (Wildman–Crippen LogP) is 21.4. The molecule has 0 heterocycles. The van der Waals surface area contributed by atoms with Crippen molar-refractivity contribution in [1.82, 2.24) is 5.32 Å². The van der Waals surface area contributed by atoms with Crippen LogP contribution in [0.4, 0.5) is 0 Å². The van der Waals surface area contributed by atoms with Crippen molar-refractivity contribution in [2.75, 3.05) is 13.2 Å². The summed E-state index contributed by atoms with van der Waals surface area (Å²) in [5, 5.41) is 23.2. The van der Waals surface area contributed by atoms with Crippen molar-refractivity contribution in [3.05, 3.63) is 24.3 Å². The molecule has 0 aromatic rings. The average Bonchev–Trinajstić information content (AvgIpc) is 3.40. The smallest absolute Gasteiger partial charge is 0.305 e. The lowest BCUT2D eigenvalue weighted by molar-refractivity contribution is -0.143. The van der Waals surface area contributed by atoms with Crippen LogP contribution in [0.1, 0.15) is 373 Å². The second kappa shape index (κ2) is 63.9. The molecule has 3 N–H and O–H groups in total. The van der Waals surface area contributed by atoms with Gasteiger partial charge in [-0.05, 0) is 57.8 Å². The summed E-state index contributed by atoms with van der Waals surface area (Å²) in [6.45, 7) is 4.96. The molecule has 0 bridgehead atoms. The molecule has 0 aliphatic rings. The molecule has 2 atom stereocenters. The molecule has 438 valence electrons. The molecule has 0 radical (unpaired) electrons. The zero-order chi connectivity index (χ0) is 53.6. The lowest BCUT2D eigenvalue weighted by Crippen LogP contribution is -2.45. The van der Waals surface area contributed by atoms with E-state index in [0.29, 0.717) is 25.9 Å². The van der Waals surface area contributed by atoms with Crippen molar-refractivity contribution < 1.29 is 24.5 Å². The number of nitrogens with one attached hydrogen (secondary N) is 1. The van der Waals surface area contributed by atoms with Crippen LogP contribution in [0.5, 0.6) is 0 Å². The number of amides is 1. The number of aliphatic hydroxyl groups excluding tert-OH is 2. The van der Waals surface area contributed by atoms with Crippen molar-refractivity contribution in [1.29, 1.82) is 0 Å². The lowest BCUT2D eigenvalue weighted by atomic mass is 10.0. The van der Waals surface area contributed by atoms with Gasteiger partial charge < -0.3 is 20.3 Å². The Kier molecular flexibility index (Phi) is 62.4. The highest BCUT2D eigenvalue weighted by Crippen LogP contribution is 2.18. The SMILES string of the molecule is CCCCCCCCCCCCCCCCC(=O)OCCCCCCCCCCC/C=C\C/C=C\CCCCCCCCCCCCCCCCCCCC(=O)NC(CO)C(O)CCCCCCCCCCCC. The van der Waals surface area contributed by atoms with E-state index < -0.39 is 12.1 Å². The number of aliphatic hydroxyl groups is 2. The second-order valence-electron chi connectivity index (χ2n) is 23.2. The number of carbonyl (C=O) groups is 2. The maximum Gasteiger partial charge on any atom is 0.305 e. The summed E-state index contributed by atoms with van der Waals surface area (Å²) in [6.07, 6.45) is 79.4. The fourth-order valence-corrected chi connectivity index (χ4v) is 10.6. The second-order valence-corrected chi connectivity index (χ2v) is 23.2. The molecule has 74 heavy (non-hydrogen) atoms. The average molecular weight is 1040 g/mol. The van der Waals surface area contributed by atoms with Gasteiger partial charge in [-0.1, -0.05) is 327 Å². The maximum absolute atomic E-state index is 12.4. The number of hydrogen-bond acceptors (Lipinski definition) is 5. The van der Waals surface area contributed by atoms with Crippen molar-refractivity contribution in [3.63, 3.8) is 0 Å². The number of esters is 1. The van der Waals surface area contributed by atoms with Gasteiger partial charge in [0.15, 0.2) is 0 Å². The molecule has 0 aliphatic carbocycles. The Hall–Kier alpha value is -1.66. The van der Waals surface area contributed by atoms with Gasteiger partial charge in [-0.3, -0.25) is 9.59 Å². The first-order valence-electron chi connectivity index (χ1n) is 33.6. The van der Waals surface area contributed by atoms with Crippen molar-refractivity contribution in [3.8, 4) is 0 Å². The highest BCUT2D eigenvalue weighted by molar-refractivity contribution is 5.76. The van der Waals surface area contributed by atoms with Crippen LogP contribution in [0.25, 0.3) is 0 Å². The Morgan fingerprint density at radius 1 is 0.378 bits per heavy atom. The maximum atomic E-state index is 12.4. The molecule has 0 saturated carbocycles. The van der Waals surface area contributed by atoms with Crippen LogP contribution < -0.4 is 5.32 Å². The predicted molar refractivity (Wildman–Crippen MR) is 324 cm³/mol. The summed E-state index contributed by atoms with van der Waals surface area (Å²) >= 11 is 0. The molecular weight excluding hydrogens is 911 g/mol. The van der Waals surface area contributed by atoms with Gasteiger partial charge in [0, 0.05) is 12.8 Å². The fourth-order valence-electron chi connectivity index (χ4n) is 10.6. The molecule has 1 amide bonds. The molecule has 0 rings (SSSR count). The van der Waals surface area contributed by atoms with E-state index in [-0.39, 0.29) is 18.5 Å². The molecule has 0 aromatic heterocycles. The Morgan fingerprint density at radius 3 is 1.03 bits per heavy atom. The lowest BCUT2D eigenvalue weighted by Gasteiger charge is -2.22. The van der Waals surface area contributed by atoms with Gasteiger partial charge in [-0.15, -0.1) is 0 Å². The minimum atomic E-state index is -0.660. The fraction of sp³-hybridized carbons (Fsp3) is 0.912. The van der Waals surface area contributed by atoms with E-state index in [9.17, 15) is 19.8 Å².